The Kier molecular flexibility index (Phi) is 7.74. The molecule has 6 nitrogen and oxygen atoms in total. The number of piperazine rings is 1. The number of benzene rings is 2. The van der Waals surface area contributed by atoms with Crippen molar-refractivity contribution in [3.63, 3.8) is 0 Å². The molecule has 1 unspecified atom stereocenters. The Bertz CT molecular complexity index is 1410. The van der Waals surface area contributed by atoms with Crippen LogP contribution >= 0.6 is 22.9 Å². The second-order valence-corrected chi connectivity index (χ2v) is 11.6. The van der Waals surface area contributed by atoms with Gasteiger partial charge < -0.3 is 20.3 Å². The van der Waals surface area contributed by atoms with Gasteiger partial charge in [0.1, 0.15) is 35.1 Å². The quantitative estimate of drug-likeness (QED) is 0.272. The van der Waals surface area contributed by atoms with E-state index in [0.29, 0.717) is 17.4 Å². The molecule has 1 fully saturated rings. The summed E-state index contributed by atoms with van der Waals surface area (Å²) in [6, 6.07) is 11.9. The number of rotatable bonds is 8. The number of aryl methyl sites for hydroxylation is 1. The molecule has 1 saturated heterocycles. The van der Waals surface area contributed by atoms with Crippen LogP contribution in [0.15, 0.2) is 48.8 Å². The van der Waals surface area contributed by atoms with E-state index in [2.05, 4.69) is 25.5 Å². The fourth-order valence-corrected chi connectivity index (χ4v) is 6.93. The maximum Gasteiger partial charge on any atom is 0.142 e. The SMILES string of the molecule is Fc1ccc(COc2ccc(Nc3ncnc4sc5c(c34)CCC(CCN3CCNCC3)C5)cc2Cl)cc1. The van der Waals surface area contributed by atoms with Crippen molar-refractivity contribution in [2.24, 2.45) is 5.92 Å². The largest absolute Gasteiger partial charge is 0.487 e. The third-order valence-corrected chi connectivity index (χ3v) is 8.97. The number of nitrogens with one attached hydrogen (secondary N) is 2. The Morgan fingerprint density at radius 3 is 2.79 bits per heavy atom. The molecule has 2 aromatic carbocycles. The molecule has 1 aliphatic carbocycles. The minimum Gasteiger partial charge on any atom is -0.487 e. The molecule has 0 saturated carbocycles. The molecule has 3 heterocycles. The van der Waals surface area contributed by atoms with E-state index in [9.17, 15) is 4.39 Å². The van der Waals surface area contributed by atoms with Crippen LogP contribution in [0.2, 0.25) is 5.02 Å². The maximum absolute atomic E-state index is 13.1. The number of hydrogen-bond acceptors (Lipinski definition) is 7. The van der Waals surface area contributed by atoms with Crippen LogP contribution in [-0.4, -0.2) is 47.6 Å². The van der Waals surface area contributed by atoms with Crippen LogP contribution in [0.4, 0.5) is 15.9 Å². The summed E-state index contributed by atoms with van der Waals surface area (Å²) in [5.41, 5.74) is 3.12. The van der Waals surface area contributed by atoms with Gasteiger partial charge in [-0.3, -0.25) is 0 Å². The van der Waals surface area contributed by atoms with Gasteiger partial charge in [0.25, 0.3) is 0 Å². The number of anilines is 2. The van der Waals surface area contributed by atoms with Crippen molar-refractivity contribution in [2.75, 3.05) is 38.0 Å². The zero-order valence-corrected chi connectivity index (χ0v) is 22.8. The highest BCUT2D eigenvalue weighted by Crippen LogP contribution is 2.41. The summed E-state index contributed by atoms with van der Waals surface area (Å²) in [5.74, 6) is 1.87. The normalized spacial score (nSPS) is 17.9. The van der Waals surface area contributed by atoms with Gasteiger partial charge in [-0.2, -0.15) is 0 Å². The third kappa shape index (κ3) is 5.78. The van der Waals surface area contributed by atoms with Crippen LogP contribution in [0, 0.1) is 11.7 Å². The number of aromatic nitrogens is 2. The summed E-state index contributed by atoms with van der Waals surface area (Å²) in [6.45, 7) is 6.06. The topological polar surface area (TPSA) is 62.3 Å². The van der Waals surface area contributed by atoms with E-state index in [1.54, 1.807) is 18.5 Å². The zero-order valence-electron chi connectivity index (χ0n) is 21.2. The first-order chi connectivity index (χ1) is 18.6. The molecule has 2 aliphatic rings. The first-order valence-electron chi connectivity index (χ1n) is 13.2. The van der Waals surface area contributed by atoms with Crippen molar-refractivity contribution in [3.8, 4) is 5.75 Å². The molecule has 198 valence electrons. The third-order valence-electron chi connectivity index (χ3n) is 7.51. The highest BCUT2D eigenvalue weighted by atomic mass is 35.5. The lowest BCUT2D eigenvalue weighted by Crippen LogP contribution is -2.44. The minimum atomic E-state index is -0.265. The molecule has 38 heavy (non-hydrogen) atoms. The van der Waals surface area contributed by atoms with Crippen molar-refractivity contribution in [2.45, 2.75) is 32.3 Å². The van der Waals surface area contributed by atoms with Crippen molar-refractivity contribution in [1.82, 2.24) is 20.2 Å². The van der Waals surface area contributed by atoms with Gasteiger partial charge in [0.05, 0.1) is 10.4 Å². The number of hydrogen-bond donors (Lipinski definition) is 2. The monoisotopic (exact) mass is 551 g/mol. The lowest BCUT2D eigenvalue weighted by atomic mass is 9.85. The predicted molar refractivity (Wildman–Crippen MR) is 152 cm³/mol. The molecule has 9 heteroatoms. The summed E-state index contributed by atoms with van der Waals surface area (Å²) < 4.78 is 19.0. The standard InChI is InChI=1S/C29H31ClFN5OS/c30-24-16-22(6-8-25(24)37-17-20-1-4-21(31)5-2-20)35-28-27-23-7-3-19(9-12-36-13-10-32-11-14-36)15-26(23)38-29(27)34-18-33-28/h1-2,4-6,8,16,18-19,32H,3,7,9-15,17H2,(H,33,34,35). The second-order valence-electron chi connectivity index (χ2n) is 10.1. The van der Waals surface area contributed by atoms with E-state index in [-0.39, 0.29) is 5.82 Å². The first kappa shape index (κ1) is 25.5. The van der Waals surface area contributed by atoms with Crippen molar-refractivity contribution in [1.29, 1.82) is 0 Å². The number of fused-ring (bicyclic) bond motifs is 3. The Balaban J connectivity index is 1.13. The van der Waals surface area contributed by atoms with Gasteiger partial charge in [-0.15, -0.1) is 11.3 Å². The average molecular weight is 552 g/mol. The molecule has 0 radical (unpaired) electrons. The molecule has 6 rings (SSSR count). The van der Waals surface area contributed by atoms with Crippen molar-refractivity contribution < 1.29 is 9.13 Å². The molecule has 0 amide bonds. The lowest BCUT2D eigenvalue weighted by molar-refractivity contribution is 0.219. The van der Waals surface area contributed by atoms with Crippen LogP contribution in [0.1, 0.15) is 28.8 Å². The van der Waals surface area contributed by atoms with Crippen LogP contribution in [-0.2, 0) is 19.4 Å². The highest BCUT2D eigenvalue weighted by molar-refractivity contribution is 7.19. The molecule has 1 aliphatic heterocycles. The molecular formula is C29H31ClFN5OS. The van der Waals surface area contributed by atoms with E-state index < -0.39 is 0 Å². The minimum absolute atomic E-state index is 0.265. The fraction of sp³-hybridized carbons (Fsp3) is 0.379. The molecule has 0 bridgehead atoms. The van der Waals surface area contributed by atoms with Crippen LogP contribution in [0.5, 0.6) is 5.75 Å². The number of halogens is 2. The Labute approximate surface area is 231 Å². The molecule has 4 aromatic rings. The molecule has 2 N–H and O–H groups in total. The van der Waals surface area contributed by atoms with E-state index in [1.165, 1.54) is 42.0 Å². The Morgan fingerprint density at radius 2 is 1.97 bits per heavy atom. The average Bonchev–Trinajstić information content (AvgIpc) is 3.32. The van der Waals surface area contributed by atoms with Crippen molar-refractivity contribution >= 4 is 44.7 Å². The van der Waals surface area contributed by atoms with Crippen molar-refractivity contribution in [3.05, 3.63) is 75.6 Å². The predicted octanol–water partition coefficient (Wildman–Crippen LogP) is 6.21. The Hall–Kier alpha value is -2.78. The summed E-state index contributed by atoms with van der Waals surface area (Å²) in [4.78, 5) is 14.3. The summed E-state index contributed by atoms with van der Waals surface area (Å²) in [6.07, 6.45) is 6.31. The second kappa shape index (κ2) is 11.5. The summed E-state index contributed by atoms with van der Waals surface area (Å²) in [7, 11) is 0. The number of ether oxygens (including phenoxy) is 1. The van der Waals surface area contributed by atoms with Crippen LogP contribution in [0.3, 0.4) is 0 Å². The lowest BCUT2D eigenvalue weighted by Gasteiger charge is -2.30. The number of thiophene rings is 1. The first-order valence-corrected chi connectivity index (χ1v) is 14.4. The van der Waals surface area contributed by atoms with Gasteiger partial charge >= 0.3 is 0 Å². The van der Waals surface area contributed by atoms with Crippen LogP contribution < -0.4 is 15.4 Å². The summed E-state index contributed by atoms with van der Waals surface area (Å²) >= 11 is 8.36. The van der Waals surface area contributed by atoms with Crippen LogP contribution in [0.25, 0.3) is 10.2 Å². The molecule has 2 aromatic heterocycles. The fourth-order valence-electron chi connectivity index (χ4n) is 5.39. The Morgan fingerprint density at radius 1 is 1.13 bits per heavy atom. The summed E-state index contributed by atoms with van der Waals surface area (Å²) in [5, 5.41) is 8.55. The van der Waals surface area contributed by atoms with E-state index in [0.717, 1.165) is 72.2 Å². The van der Waals surface area contributed by atoms with Gasteiger partial charge in [0, 0.05) is 36.7 Å². The number of nitrogens with zero attached hydrogens (tertiary/aromatic N) is 3. The maximum atomic E-state index is 13.1. The van der Waals surface area contributed by atoms with Gasteiger partial charge in [-0.1, -0.05) is 23.7 Å². The van der Waals surface area contributed by atoms with Gasteiger partial charge in [0.15, 0.2) is 0 Å². The van der Waals surface area contributed by atoms with E-state index in [1.807, 2.05) is 29.5 Å². The molecule has 0 spiro atoms. The molecule has 1 atom stereocenters. The zero-order chi connectivity index (χ0) is 25.9. The van der Waals surface area contributed by atoms with Gasteiger partial charge in [0.2, 0.25) is 0 Å². The van der Waals surface area contributed by atoms with Gasteiger partial charge in [-0.05, 0) is 79.6 Å². The molecular weight excluding hydrogens is 521 g/mol. The highest BCUT2D eigenvalue weighted by Gasteiger charge is 2.26. The van der Waals surface area contributed by atoms with E-state index in [4.69, 9.17) is 16.3 Å². The van der Waals surface area contributed by atoms with E-state index >= 15 is 0 Å². The van der Waals surface area contributed by atoms with Gasteiger partial charge in [-0.25, -0.2) is 14.4 Å². The smallest absolute Gasteiger partial charge is 0.142 e.